The van der Waals surface area contributed by atoms with Gasteiger partial charge in [-0.05, 0) is 56.3 Å². The average Bonchev–Trinajstić information content (AvgIpc) is 2.63. The first-order valence-corrected chi connectivity index (χ1v) is 8.10. The second-order valence-electron chi connectivity index (χ2n) is 6.24. The highest BCUT2D eigenvalue weighted by molar-refractivity contribution is 6.35. The Morgan fingerprint density at radius 3 is 2.43 bits per heavy atom. The summed E-state index contributed by atoms with van der Waals surface area (Å²) in [6.07, 6.45) is 4.10. The Hall–Kier alpha value is -0.770. The largest absolute Gasteiger partial charge is 0.549 e. The molecule has 0 saturated carbocycles. The number of hydrogen-bond donors (Lipinski definition) is 0. The number of carboxylic acid groups (broad SMARTS) is 1. The van der Waals surface area contributed by atoms with Gasteiger partial charge in [-0.15, -0.1) is 0 Å². The number of halogens is 2. The van der Waals surface area contributed by atoms with Crippen LogP contribution in [0.15, 0.2) is 18.2 Å². The van der Waals surface area contributed by atoms with Crippen LogP contribution in [0.3, 0.4) is 0 Å². The summed E-state index contributed by atoms with van der Waals surface area (Å²) < 4.78 is 0. The lowest BCUT2D eigenvalue weighted by molar-refractivity contribution is -0.309. The van der Waals surface area contributed by atoms with E-state index in [2.05, 4.69) is 11.9 Å². The standard InChI is InChI=1S/C16H19Cl2NO2/c1-19-11-3-4-12(19)7-9(6-11)15(16(20)21)13-5-2-10(17)8-14(13)18/h2,5,8-9,11-12,15H,3-4,6-7H2,1H3,(H,20,21)/p-1. The van der Waals surface area contributed by atoms with Crippen molar-refractivity contribution < 1.29 is 9.90 Å². The Labute approximate surface area is 134 Å². The molecule has 3 rings (SSSR count). The highest BCUT2D eigenvalue weighted by Crippen LogP contribution is 2.44. The SMILES string of the molecule is CN1C2CCC1CC(C(C(=O)[O-])c1ccc(Cl)cc1Cl)C2. The van der Waals surface area contributed by atoms with Crippen LogP contribution in [0.2, 0.25) is 10.0 Å². The number of carbonyl (C=O) groups excluding carboxylic acids is 1. The van der Waals surface area contributed by atoms with E-state index in [9.17, 15) is 9.90 Å². The van der Waals surface area contributed by atoms with Gasteiger partial charge < -0.3 is 14.8 Å². The van der Waals surface area contributed by atoms with Gasteiger partial charge in [0.25, 0.3) is 0 Å². The van der Waals surface area contributed by atoms with Gasteiger partial charge in [0.2, 0.25) is 0 Å². The van der Waals surface area contributed by atoms with Gasteiger partial charge in [-0.3, -0.25) is 0 Å². The summed E-state index contributed by atoms with van der Waals surface area (Å²) in [6.45, 7) is 0. The Morgan fingerprint density at radius 2 is 1.90 bits per heavy atom. The van der Waals surface area contributed by atoms with Crippen molar-refractivity contribution in [1.29, 1.82) is 0 Å². The van der Waals surface area contributed by atoms with Crippen LogP contribution >= 0.6 is 23.2 Å². The molecule has 0 aromatic heterocycles. The van der Waals surface area contributed by atoms with E-state index in [4.69, 9.17) is 23.2 Å². The molecule has 114 valence electrons. The monoisotopic (exact) mass is 326 g/mol. The summed E-state index contributed by atoms with van der Waals surface area (Å²) in [7, 11) is 2.14. The summed E-state index contributed by atoms with van der Waals surface area (Å²) in [4.78, 5) is 14.1. The molecule has 0 radical (unpaired) electrons. The van der Waals surface area contributed by atoms with Crippen molar-refractivity contribution >= 4 is 29.2 Å². The lowest BCUT2D eigenvalue weighted by Crippen LogP contribution is -2.44. The lowest BCUT2D eigenvalue weighted by Gasteiger charge is -2.40. The quantitative estimate of drug-likeness (QED) is 0.857. The van der Waals surface area contributed by atoms with Gasteiger partial charge in [-0.2, -0.15) is 0 Å². The van der Waals surface area contributed by atoms with Crippen LogP contribution in [0.1, 0.15) is 37.2 Å². The normalized spacial score (nSPS) is 30.3. The Bertz CT molecular complexity index is 549. The fourth-order valence-electron chi connectivity index (χ4n) is 4.05. The van der Waals surface area contributed by atoms with Crippen molar-refractivity contribution in [2.24, 2.45) is 5.92 Å². The predicted molar refractivity (Wildman–Crippen MR) is 81.5 cm³/mol. The molecule has 0 amide bonds. The molecule has 2 saturated heterocycles. The average molecular weight is 327 g/mol. The summed E-state index contributed by atoms with van der Waals surface area (Å²) in [6, 6.07) is 6.01. The number of carboxylic acids is 1. The van der Waals surface area contributed by atoms with Crippen molar-refractivity contribution in [3.05, 3.63) is 33.8 Å². The zero-order chi connectivity index (χ0) is 15.1. The maximum Gasteiger partial charge on any atom is 0.0492 e. The van der Waals surface area contributed by atoms with Crippen LogP contribution in [-0.2, 0) is 4.79 Å². The molecule has 2 bridgehead atoms. The van der Waals surface area contributed by atoms with Gasteiger partial charge in [0, 0.05) is 34.0 Å². The maximum atomic E-state index is 11.7. The van der Waals surface area contributed by atoms with Crippen LogP contribution in [-0.4, -0.2) is 30.0 Å². The van der Waals surface area contributed by atoms with Gasteiger partial charge >= 0.3 is 0 Å². The minimum atomic E-state index is -1.03. The van der Waals surface area contributed by atoms with E-state index >= 15 is 0 Å². The number of carbonyl (C=O) groups is 1. The molecular weight excluding hydrogens is 309 g/mol. The number of piperidine rings is 1. The first kappa shape index (κ1) is 15.1. The molecule has 1 aromatic rings. The van der Waals surface area contributed by atoms with Crippen LogP contribution in [0.25, 0.3) is 0 Å². The van der Waals surface area contributed by atoms with Crippen LogP contribution in [0, 0.1) is 5.92 Å². The molecule has 3 unspecified atom stereocenters. The van der Waals surface area contributed by atoms with Gasteiger partial charge in [0.15, 0.2) is 0 Å². The molecule has 2 heterocycles. The van der Waals surface area contributed by atoms with Crippen LogP contribution in [0.4, 0.5) is 0 Å². The Morgan fingerprint density at radius 1 is 1.29 bits per heavy atom. The van der Waals surface area contributed by atoms with Crippen molar-refractivity contribution in [3.63, 3.8) is 0 Å². The molecule has 2 fully saturated rings. The highest BCUT2D eigenvalue weighted by atomic mass is 35.5. The van der Waals surface area contributed by atoms with E-state index in [1.165, 1.54) is 0 Å². The lowest BCUT2D eigenvalue weighted by atomic mass is 9.77. The van der Waals surface area contributed by atoms with Gasteiger partial charge in [0.05, 0.1) is 0 Å². The molecule has 0 N–H and O–H groups in total. The third-order valence-electron chi connectivity index (χ3n) is 5.16. The number of fused-ring (bicyclic) bond motifs is 2. The van der Waals surface area contributed by atoms with E-state index in [0.29, 0.717) is 27.7 Å². The highest BCUT2D eigenvalue weighted by Gasteiger charge is 2.42. The minimum Gasteiger partial charge on any atom is -0.549 e. The number of nitrogens with zero attached hydrogens (tertiary/aromatic N) is 1. The van der Waals surface area contributed by atoms with Crippen molar-refractivity contribution in [2.45, 2.75) is 43.7 Å². The zero-order valence-corrected chi connectivity index (χ0v) is 13.4. The van der Waals surface area contributed by atoms with Gasteiger partial charge in [0.1, 0.15) is 0 Å². The second-order valence-corrected chi connectivity index (χ2v) is 7.09. The fourth-order valence-corrected chi connectivity index (χ4v) is 4.58. The summed E-state index contributed by atoms with van der Waals surface area (Å²) in [5, 5.41) is 12.7. The second kappa shape index (κ2) is 5.79. The van der Waals surface area contributed by atoms with E-state index in [1.54, 1.807) is 18.2 Å². The number of aliphatic carboxylic acids is 1. The van der Waals surface area contributed by atoms with E-state index in [1.807, 2.05) is 0 Å². The summed E-state index contributed by atoms with van der Waals surface area (Å²) in [5.41, 5.74) is 0.634. The molecular formula is C16H18Cl2NO2-. The molecule has 2 aliphatic rings. The van der Waals surface area contributed by atoms with E-state index in [0.717, 1.165) is 25.7 Å². The first-order valence-electron chi connectivity index (χ1n) is 7.35. The molecule has 21 heavy (non-hydrogen) atoms. The molecule has 3 nitrogen and oxygen atoms in total. The number of benzene rings is 1. The topological polar surface area (TPSA) is 43.4 Å². The molecule has 1 aromatic carbocycles. The fraction of sp³-hybridized carbons (Fsp3) is 0.562. The van der Waals surface area contributed by atoms with Crippen molar-refractivity contribution in [3.8, 4) is 0 Å². The van der Waals surface area contributed by atoms with E-state index < -0.39 is 11.9 Å². The zero-order valence-electron chi connectivity index (χ0n) is 11.9. The molecule has 5 heteroatoms. The van der Waals surface area contributed by atoms with Crippen molar-refractivity contribution in [1.82, 2.24) is 4.90 Å². The maximum absolute atomic E-state index is 11.7. The molecule has 0 aliphatic carbocycles. The third-order valence-corrected chi connectivity index (χ3v) is 5.72. The molecule has 2 aliphatic heterocycles. The van der Waals surface area contributed by atoms with Crippen molar-refractivity contribution in [2.75, 3.05) is 7.05 Å². The summed E-state index contributed by atoms with van der Waals surface area (Å²) in [5.74, 6) is -1.60. The first-order chi connectivity index (χ1) is 9.97. The Balaban J connectivity index is 1.90. The Kier molecular flexibility index (Phi) is 4.17. The van der Waals surface area contributed by atoms with Gasteiger partial charge in [-0.25, -0.2) is 0 Å². The minimum absolute atomic E-state index is 0.0855. The van der Waals surface area contributed by atoms with Crippen LogP contribution in [0.5, 0.6) is 0 Å². The van der Waals surface area contributed by atoms with Gasteiger partial charge in [-0.1, -0.05) is 29.3 Å². The number of hydrogen-bond acceptors (Lipinski definition) is 3. The number of rotatable bonds is 3. The summed E-state index contributed by atoms with van der Waals surface area (Å²) >= 11 is 12.1. The molecule has 3 atom stereocenters. The van der Waals surface area contributed by atoms with Crippen LogP contribution < -0.4 is 5.11 Å². The molecule has 0 spiro atoms. The predicted octanol–water partition coefficient (Wildman–Crippen LogP) is 2.70. The van der Waals surface area contributed by atoms with E-state index in [-0.39, 0.29) is 5.92 Å². The third kappa shape index (κ3) is 2.79. The smallest absolute Gasteiger partial charge is 0.0492 e.